The number of fused-ring (bicyclic) bond motifs is 1. The zero-order valence-corrected chi connectivity index (χ0v) is 14.1. The van der Waals surface area contributed by atoms with E-state index in [1.54, 1.807) is 0 Å². The summed E-state index contributed by atoms with van der Waals surface area (Å²) in [5.74, 6) is -1.23. The lowest BCUT2D eigenvalue weighted by atomic mass is 10.0. The Bertz CT molecular complexity index is 778. The number of nitrogens with zero attached hydrogens (tertiary/aromatic N) is 1. The van der Waals surface area contributed by atoms with E-state index in [0.717, 1.165) is 29.4 Å². The van der Waals surface area contributed by atoms with E-state index in [9.17, 15) is 14.7 Å². The number of H-pyrrole nitrogens is 1. The standard InChI is InChI=1S/C19H22N2O4/c1-11-8-16(25-17(11)19(23)24)18(22)21(14-6-7-14)10-13-9-12-4-2-3-5-15(12)20-13/h2-5,9,11,14,16-17,20H,6-8,10H2,1H3,(H,23,24)/t11-,16-,17-/m1/s1. The molecule has 0 unspecified atom stereocenters. The molecule has 0 bridgehead atoms. The van der Waals surface area contributed by atoms with Crippen molar-refractivity contribution in [2.75, 3.05) is 0 Å². The minimum absolute atomic E-state index is 0.0863. The fourth-order valence-corrected chi connectivity index (χ4v) is 3.65. The van der Waals surface area contributed by atoms with E-state index in [0.29, 0.717) is 13.0 Å². The summed E-state index contributed by atoms with van der Waals surface area (Å²) in [6.45, 7) is 2.33. The second kappa shape index (κ2) is 6.19. The van der Waals surface area contributed by atoms with Gasteiger partial charge < -0.3 is 19.7 Å². The molecule has 25 heavy (non-hydrogen) atoms. The lowest BCUT2D eigenvalue weighted by Crippen LogP contribution is -2.40. The molecule has 2 aromatic rings. The molecule has 1 aliphatic heterocycles. The zero-order chi connectivity index (χ0) is 17.6. The van der Waals surface area contributed by atoms with E-state index >= 15 is 0 Å². The molecule has 1 saturated carbocycles. The Morgan fingerprint density at radius 1 is 1.32 bits per heavy atom. The summed E-state index contributed by atoms with van der Waals surface area (Å²) in [5, 5.41) is 10.3. The first-order chi connectivity index (χ1) is 12.0. The van der Waals surface area contributed by atoms with Gasteiger partial charge in [0, 0.05) is 17.3 Å². The molecule has 0 spiro atoms. The third kappa shape index (κ3) is 3.14. The van der Waals surface area contributed by atoms with Crippen molar-refractivity contribution in [3.63, 3.8) is 0 Å². The number of ether oxygens (including phenoxy) is 1. The number of aromatic nitrogens is 1. The number of benzene rings is 1. The molecule has 2 fully saturated rings. The number of hydrogen-bond acceptors (Lipinski definition) is 3. The van der Waals surface area contributed by atoms with Crippen LogP contribution in [0.25, 0.3) is 10.9 Å². The maximum absolute atomic E-state index is 13.0. The molecule has 1 aromatic carbocycles. The second-order valence-corrected chi connectivity index (χ2v) is 7.18. The number of aliphatic carboxylic acids is 1. The lowest BCUT2D eigenvalue weighted by molar-refractivity contribution is -0.156. The molecule has 3 atom stereocenters. The SMILES string of the molecule is C[C@@H]1C[C@H](C(=O)N(Cc2cc3ccccc3[nH]2)C2CC2)O[C@H]1C(=O)O. The summed E-state index contributed by atoms with van der Waals surface area (Å²) in [6, 6.07) is 10.3. The van der Waals surface area contributed by atoms with Crippen LogP contribution in [-0.2, 0) is 20.9 Å². The van der Waals surface area contributed by atoms with E-state index < -0.39 is 18.2 Å². The zero-order valence-electron chi connectivity index (χ0n) is 14.1. The number of carboxylic acids is 1. The van der Waals surface area contributed by atoms with Crippen LogP contribution in [0, 0.1) is 5.92 Å². The second-order valence-electron chi connectivity index (χ2n) is 7.18. The molecule has 2 heterocycles. The van der Waals surface area contributed by atoms with Crippen molar-refractivity contribution < 1.29 is 19.4 Å². The van der Waals surface area contributed by atoms with Crippen molar-refractivity contribution in [3.8, 4) is 0 Å². The molecule has 2 N–H and O–H groups in total. The fourth-order valence-electron chi connectivity index (χ4n) is 3.65. The summed E-state index contributed by atoms with van der Waals surface area (Å²) in [6.07, 6.45) is 0.919. The van der Waals surface area contributed by atoms with Gasteiger partial charge in [0.2, 0.25) is 0 Å². The average molecular weight is 342 g/mol. The van der Waals surface area contributed by atoms with Gasteiger partial charge in [-0.25, -0.2) is 4.79 Å². The lowest BCUT2D eigenvalue weighted by Gasteiger charge is -2.25. The van der Waals surface area contributed by atoms with Gasteiger partial charge in [-0.05, 0) is 42.7 Å². The van der Waals surface area contributed by atoms with E-state index in [-0.39, 0.29) is 17.9 Å². The van der Waals surface area contributed by atoms with E-state index in [4.69, 9.17) is 4.74 Å². The van der Waals surface area contributed by atoms with Gasteiger partial charge >= 0.3 is 5.97 Å². The van der Waals surface area contributed by atoms with Crippen molar-refractivity contribution in [2.45, 2.75) is 51.0 Å². The van der Waals surface area contributed by atoms with Crippen molar-refractivity contribution >= 4 is 22.8 Å². The van der Waals surface area contributed by atoms with Gasteiger partial charge in [-0.2, -0.15) is 0 Å². The average Bonchev–Trinajstić information content (AvgIpc) is 3.21. The third-order valence-corrected chi connectivity index (χ3v) is 5.13. The van der Waals surface area contributed by atoms with Gasteiger partial charge in [0.1, 0.15) is 6.10 Å². The molecule has 2 aliphatic rings. The Morgan fingerprint density at radius 3 is 2.72 bits per heavy atom. The first-order valence-electron chi connectivity index (χ1n) is 8.78. The summed E-state index contributed by atoms with van der Waals surface area (Å²) < 4.78 is 5.55. The van der Waals surface area contributed by atoms with Crippen LogP contribution in [0.1, 0.15) is 31.9 Å². The van der Waals surface area contributed by atoms with Gasteiger partial charge in [0.25, 0.3) is 5.91 Å². The largest absolute Gasteiger partial charge is 0.479 e. The molecule has 0 radical (unpaired) electrons. The molecule has 6 nitrogen and oxygen atoms in total. The number of carboxylic acid groups (broad SMARTS) is 1. The van der Waals surface area contributed by atoms with Crippen molar-refractivity contribution in [1.29, 1.82) is 0 Å². The number of carbonyl (C=O) groups excluding carboxylic acids is 1. The molecule has 1 saturated heterocycles. The number of carbonyl (C=O) groups is 2. The summed E-state index contributed by atoms with van der Waals surface area (Å²) in [4.78, 5) is 29.4. The van der Waals surface area contributed by atoms with Crippen LogP contribution in [0.4, 0.5) is 0 Å². The van der Waals surface area contributed by atoms with Crippen LogP contribution < -0.4 is 0 Å². The summed E-state index contributed by atoms with van der Waals surface area (Å²) in [7, 11) is 0. The predicted molar refractivity (Wildman–Crippen MR) is 91.9 cm³/mol. The first kappa shape index (κ1) is 16.1. The molecule has 1 aliphatic carbocycles. The number of rotatable bonds is 5. The van der Waals surface area contributed by atoms with Gasteiger partial charge in [-0.1, -0.05) is 25.1 Å². The molecule has 132 valence electrons. The predicted octanol–water partition coefficient (Wildman–Crippen LogP) is 2.54. The Kier molecular flexibility index (Phi) is 4.00. The van der Waals surface area contributed by atoms with Gasteiger partial charge in [-0.15, -0.1) is 0 Å². The maximum Gasteiger partial charge on any atom is 0.333 e. The van der Waals surface area contributed by atoms with Gasteiger partial charge in [0.15, 0.2) is 6.10 Å². The third-order valence-electron chi connectivity index (χ3n) is 5.13. The summed E-state index contributed by atoms with van der Waals surface area (Å²) in [5.41, 5.74) is 2.04. The highest BCUT2D eigenvalue weighted by molar-refractivity contribution is 5.84. The number of hydrogen-bond donors (Lipinski definition) is 2. The highest BCUT2D eigenvalue weighted by atomic mass is 16.5. The van der Waals surface area contributed by atoms with Crippen LogP contribution in [0.15, 0.2) is 30.3 Å². The molecule has 6 heteroatoms. The highest BCUT2D eigenvalue weighted by Gasteiger charge is 2.44. The van der Waals surface area contributed by atoms with Crippen molar-refractivity contribution in [1.82, 2.24) is 9.88 Å². The Labute approximate surface area is 145 Å². The van der Waals surface area contributed by atoms with Crippen LogP contribution in [0.3, 0.4) is 0 Å². The number of aromatic amines is 1. The normalized spacial score (nSPS) is 26.0. The van der Waals surface area contributed by atoms with E-state index in [1.165, 1.54) is 0 Å². The van der Waals surface area contributed by atoms with Crippen molar-refractivity contribution in [2.24, 2.45) is 5.92 Å². The quantitative estimate of drug-likeness (QED) is 0.875. The van der Waals surface area contributed by atoms with Gasteiger partial charge in [-0.3, -0.25) is 4.79 Å². The number of nitrogens with one attached hydrogen (secondary N) is 1. The molecular formula is C19H22N2O4. The number of amides is 1. The van der Waals surface area contributed by atoms with E-state index in [2.05, 4.69) is 11.1 Å². The van der Waals surface area contributed by atoms with Gasteiger partial charge in [0.05, 0.1) is 6.54 Å². The monoisotopic (exact) mass is 342 g/mol. The van der Waals surface area contributed by atoms with Crippen LogP contribution in [0.5, 0.6) is 0 Å². The fraction of sp³-hybridized carbons (Fsp3) is 0.474. The number of para-hydroxylation sites is 1. The Morgan fingerprint density at radius 2 is 2.08 bits per heavy atom. The first-order valence-corrected chi connectivity index (χ1v) is 8.78. The molecular weight excluding hydrogens is 320 g/mol. The van der Waals surface area contributed by atoms with Crippen molar-refractivity contribution in [3.05, 3.63) is 36.0 Å². The molecule has 1 aromatic heterocycles. The molecule has 1 amide bonds. The Balaban J connectivity index is 1.51. The van der Waals surface area contributed by atoms with Crippen LogP contribution in [-0.4, -0.2) is 45.1 Å². The van der Waals surface area contributed by atoms with Crippen LogP contribution in [0.2, 0.25) is 0 Å². The van der Waals surface area contributed by atoms with Crippen LogP contribution >= 0.6 is 0 Å². The minimum Gasteiger partial charge on any atom is -0.479 e. The Hall–Kier alpha value is -2.34. The highest BCUT2D eigenvalue weighted by Crippen LogP contribution is 2.33. The maximum atomic E-state index is 13.0. The minimum atomic E-state index is -0.989. The topological polar surface area (TPSA) is 82.6 Å². The van der Waals surface area contributed by atoms with E-state index in [1.807, 2.05) is 36.1 Å². The smallest absolute Gasteiger partial charge is 0.333 e. The summed E-state index contributed by atoms with van der Waals surface area (Å²) >= 11 is 0. The molecule has 4 rings (SSSR count).